The Morgan fingerprint density at radius 3 is 2.63 bits per heavy atom. The normalized spacial score (nSPS) is 10.2. The molecule has 2 aromatic rings. The van der Waals surface area contributed by atoms with Crippen LogP contribution in [0.5, 0.6) is 0 Å². The Morgan fingerprint density at radius 1 is 1.32 bits per heavy atom. The predicted molar refractivity (Wildman–Crippen MR) is 78.7 cm³/mol. The average molecular weight is 275 g/mol. The standard InChI is InChI=1S/C14H17N3OS/c1-3-13-17-9-12(19-13)8-16-11-6-4-10(5-7-11)14(18)15-2/h4-7,9,16H,3,8H2,1-2H3,(H,15,18). The molecule has 19 heavy (non-hydrogen) atoms. The number of benzene rings is 1. The third-order valence-corrected chi connectivity index (χ3v) is 3.89. The molecule has 1 amide bonds. The fourth-order valence-corrected chi connectivity index (χ4v) is 2.47. The summed E-state index contributed by atoms with van der Waals surface area (Å²) in [6.45, 7) is 2.87. The van der Waals surface area contributed by atoms with Crippen LogP contribution in [-0.4, -0.2) is 17.9 Å². The summed E-state index contributed by atoms with van der Waals surface area (Å²) in [5.74, 6) is -0.0680. The molecule has 1 heterocycles. The number of nitrogens with one attached hydrogen (secondary N) is 2. The Balaban J connectivity index is 1.94. The van der Waals surface area contributed by atoms with Crippen LogP contribution in [0.15, 0.2) is 30.5 Å². The zero-order chi connectivity index (χ0) is 13.7. The van der Waals surface area contributed by atoms with Crippen LogP contribution < -0.4 is 10.6 Å². The summed E-state index contributed by atoms with van der Waals surface area (Å²) < 4.78 is 0. The van der Waals surface area contributed by atoms with Crippen molar-refractivity contribution in [2.45, 2.75) is 19.9 Å². The molecule has 2 N–H and O–H groups in total. The number of amides is 1. The molecule has 1 aromatic heterocycles. The zero-order valence-corrected chi connectivity index (χ0v) is 11.9. The van der Waals surface area contributed by atoms with Gasteiger partial charge in [-0.1, -0.05) is 6.92 Å². The summed E-state index contributed by atoms with van der Waals surface area (Å²) in [6, 6.07) is 7.44. The van der Waals surface area contributed by atoms with Gasteiger partial charge in [-0.3, -0.25) is 4.79 Å². The first-order valence-corrected chi connectivity index (χ1v) is 7.04. The summed E-state index contributed by atoms with van der Waals surface area (Å²) in [5, 5.41) is 7.08. The van der Waals surface area contributed by atoms with Gasteiger partial charge in [0.25, 0.3) is 5.91 Å². The number of nitrogens with zero attached hydrogens (tertiary/aromatic N) is 1. The number of hydrogen-bond donors (Lipinski definition) is 2. The lowest BCUT2D eigenvalue weighted by molar-refractivity contribution is 0.0963. The van der Waals surface area contributed by atoms with Gasteiger partial charge in [0, 0.05) is 29.4 Å². The van der Waals surface area contributed by atoms with Crippen LogP contribution in [0.4, 0.5) is 5.69 Å². The van der Waals surface area contributed by atoms with Gasteiger partial charge in [0.2, 0.25) is 0 Å². The fourth-order valence-electron chi connectivity index (χ4n) is 1.67. The molecular formula is C14H17N3OS. The Kier molecular flexibility index (Phi) is 4.52. The van der Waals surface area contributed by atoms with E-state index in [2.05, 4.69) is 22.5 Å². The van der Waals surface area contributed by atoms with Crippen molar-refractivity contribution in [3.63, 3.8) is 0 Å². The summed E-state index contributed by atoms with van der Waals surface area (Å²) in [4.78, 5) is 16.9. The Hall–Kier alpha value is -1.88. The smallest absolute Gasteiger partial charge is 0.251 e. The minimum atomic E-state index is -0.0680. The number of anilines is 1. The highest BCUT2D eigenvalue weighted by molar-refractivity contribution is 7.11. The monoisotopic (exact) mass is 275 g/mol. The molecular weight excluding hydrogens is 258 g/mol. The Morgan fingerprint density at radius 2 is 2.05 bits per heavy atom. The van der Waals surface area contributed by atoms with E-state index < -0.39 is 0 Å². The van der Waals surface area contributed by atoms with Crippen molar-refractivity contribution in [3.05, 3.63) is 45.9 Å². The molecule has 100 valence electrons. The van der Waals surface area contributed by atoms with E-state index in [1.807, 2.05) is 30.5 Å². The minimum Gasteiger partial charge on any atom is -0.380 e. The van der Waals surface area contributed by atoms with E-state index in [1.165, 1.54) is 4.88 Å². The van der Waals surface area contributed by atoms with Crippen LogP contribution in [0.25, 0.3) is 0 Å². The molecule has 0 bridgehead atoms. The fraction of sp³-hybridized carbons (Fsp3) is 0.286. The van der Waals surface area contributed by atoms with E-state index in [0.717, 1.165) is 23.7 Å². The lowest BCUT2D eigenvalue weighted by Gasteiger charge is -2.05. The van der Waals surface area contributed by atoms with Gasteiger partial charge in [-0.2, -0.15) is 0 Å². The number of aromatic nitrogens is 1. The van der Waals surface area contributed by atoms with Crippen molar-refractivity contribution >= 4 is 22.9 Å². The highest BCUT2D eigenvalue weighted by Gasteiger charge is 2.03. The highest BCUT2D eigenvalue weighted by atomic mass is 32.1. The number of aryl methyl sites for hydroxylation is 1. The van der Waals surface area contributed by atoms with E-state index in [1.54, 1.807) is 18.4 Å². The van der Waals surface area contributed by atoms with Gasteiger partial charge in [-0.05, 0) is 30.7 Å². The maximum absolute atomic E-state index is 11.4. The number of thiazole rings is 1. The van der Waals surface area contributed by atoms with E-state index in [-0.39, 0.29) is 5.91 Å². The van der Waals surface area contributed by atoms with E-state index >= 15 is 0 Å². The summed E-state index contributed by atoms with van der Waals surface area (Å²) in [6.07, 6.45) is 2.89. The molecule has 2 rings (SSSR count). The van der Waals surface area contributed by atoms with E-state index in [4.69, 9.17) is 0 Å². The van der Waals surface area contributed by atoms with Crippen LogP contribution in [0.3, 0.4) is 0 Å². The first-order chi connectivity index (χ1) is 9.22. The molecule has 0 saturated heterocycles. The van der Waals surface area contributed by atoms with Crippen molar-refractivity contribution in [1.82, 2.24) is 10.3 Å². The molecule has 0 atom stereocenters. The van der Waals surface area contributed by atoms with Crippen molar-refractivity contribution in [2.24, 2.45) is 0 Å². The van der Waals surface area contributed by atoms with Gasteiger partial charge < -0.3 is 10.6 Å². The molecule has 0 aliphatic carbocycles. The molecule has 0 fully saturated rings. The van der Waals surface area contributed by atoms with Gasteiger partial charge >= 0.3 is 0 Å². The van der Waals surface area contributed by atoms with Gasteiger partial charge in [0.05, 0.1) is 11.6 Å². The topological polar surface area (TPSA) is 54.0 Å². The van der Waals surface area contributed by atoms with Crippen LogP contribution in [0, 0.1) is 0 Å². The molecule has 0 unspecified atom stereocenters. The maximum Gasteiger partial charge on any atom is 0.251 e. The number of carbonyl (C=O) groups excluding carboxylic acids is 1. The minimum absolute atomic E-state index is 0.0680. The van der Waals surface area contributed by atoms with Crippen molar-refractivity contribution < 1.29 is 4.79 Å². The van der Waals surface area contributed by atoms with Crippen molar-refractivity contribution in [2.75, 3.05) is 12.4 Å². The van der Waals surface area contributed by atoms with Crippen LogP contribution in [0.2, 0.25) is 0 Å². The molecule has 0 radical (unpaired) electrons. The van der Waals surface area contributed by atoms with Gasteiger partial charge in [-0.15, -0.1) is 11.3 Å². The van der Waals surface area contributed by atoms with Gasteiger partial charge in [0.1, 0.15) is 0 Å². The Bertz CT molecular complexity index is 548. The summed E-state index contributed by atoms with van der Waals surface area (Å²) in [7, 11) is 1.63. The molecule has 4 nitrogen and oxygen atoms in total. The predicted octanol–water partition coefficient (Wildman–Crippen LogP) is 2.68. The Labute approximate surface area is 116 Å². The van der Waals surface area contributed by atoms with Gasteiger partial charge in [0.15, 0.2) is 0 Å². The second kappa shape index (κ2) is 6.33. The van der Waals surface area contributed by atoms with E-state index in [9.17, 15) is 4.79 Å². The molecule has 0 aliphatic rings. The third-order valence-electron chi connectivity index (χ3n) is 2.74. The quantitative estimate of drug-likeness (QED) is 0.882. The zero-order valence-electron chi connectivity index (χ0n) is 11.1. The largest absolute Gasteiger partial charge is 0.380 e. The summed E-state index contributed by atoms with van der Waals surface area (Å²) in [5.41, 5.74) is 1.67. The molecule has 0 aliphatic heterocycles. The lowest BCUT2D eigenvalue weighted by Crippen LogP contribution is -2.17. The molecule has 1 aromatic carbocycles. The third kappa shape index (κ3) is 3.54. The van der Waals surface area contributed by atoms with Crippen molar-refractivity contribution in [1.29, 1.82) is 0 Å². The van der Waals surface area contributed by atoms with Crippen LogP contribution >= 0.6 is 11.3 Å². The second-order valence-corrected chi connectivity index (χ2v) is 5.28. The molecule has 5 heteroatoms. The SMILES string of the molecule is CCc1ncc(CNc2ccc(C(=O)NC)cc2)s1. The molecule has 0 spiro atoms. The van der Waals surface area contributed by atoms with Crippen molar-refractivity contribution in [3.8, 4) is 0 Å². The summed E-state index contributed by atoms with van der Waals surface area (Å²) >= 11 is 1.73. The highest BCUT2D eigenvalue weighted by Crippen LogP contribution is 2.16. The number of carbonyl (C=O) groups is 1. The average Bonchev–Trinajstić information content (AvgIpc) is 2.93. The lowest BCUT2D eigenvalue weighted by atomic mass is 10.2. The first-order valence-electron chi connectivity index (χ1n) is 6.22. The maximum atomic E-state index is 11.4. The molecule has 0 saturated carbocycles. The first kappa shape index (κ1) is 13.5. The number of rotatable bonds is 5. The van der Waals surface area contributed by atoms with Gasteiger partial charge in [-0.25, -0.2) is 4.98 Å². The van der Waals surface area contributed by atoms with Crippen LogP contribution in [0.1, 0.15) is 27.2 Å². The second-order valence-electron chi connectivity index (χ2n) is 4.08. The van der Waals surface area contributed by atoms with E-state index in [0.29, 0.717) is 5.56 Å². The number of hydrogen-bond acceptors (Lipinski definition) is 4. The van der Waals surface area contributed by atoms with Crippen LogP contribution in [-0.2, 0) is 13.0 Å².